The minimum Gasteiger partial charge on any atom is -0.493 e. The first-order valence-electron chi connectivity index (χ1n) is 10.1. The van der Waals surface area contributed by atoms with Crippen LogP contribution in [0.2, 0.25) is 0 Å². The molecule has 0 atom stereocenters. The Morgan fingerprint density at radius 1 is 1.00 bits per heavy atom. The Labute approximate surface area is 184 Å². The maximum absolute atomic E-state index is 12.9. The molecule has 1 aliphatic heterocycles. The molecule has 0 aliphatic carbocycles. The Bertz CT molecular complexity index is 1070. The van der Waals surface area contributed by atoms with Crippen LogP contribution in [0.3, 0.4) is 0 Å². The van der Waals surface area contributed by atoms with Crippen molar-refractivity contribution in [3.63, 3.8) is 0 Å². The van der Waals surface area contributed by atoms with E-state index in [2.05, 4.69) is 19.6 Å². The van der Waals surface area contributed by atoms with E-state index in [1.54, 1.807) is 17.2 Å². The van der Waals surface area contributed by atoms with Crippen molar-refractivity contribution in [3.8, 4) is 22.9 Å². The lowest BCUT2D eigenvalue weighted by atomic mass is 10.1. The van der Waals surface area contributed by atoms with Crippen molar-refractivity contribution in [1.82, 2.24) is 14.9 Å². The van der Waals surface area contributed by atoms with Gasteiger partial charge in [-0.05, 0) is 24.3 Å². The number of hydrogen-bond acceptors (Lipinski definition) is 6. The van der Waals surface area contributed by atoms with Gasteiger partial charge in [0.05, 0.1) is 7.11 Å². The molecule has 2 aromatic carbocycles. The predicted molar refractivity (Wildman–Crippen MR) is 115 cm³/mol. The van der Waals surface area contributed by atoms with Crippen molar-refractivity contribution >= 4 is 11.7 Å². The summed E-state index contributed by atoms with van der Waals surface area (Å²) in [6.45, 7) is -0.881. The number of hydrogen-bond donors (Lipinski definition) is 0. The molecule has 7 nitrogen and oxygen atoms in total. The van der Waals surface area contributed by atoms with Crippen LogP contribution in [0.4, 0.5) is 14.6 Å². The largest absolute Gasteiger partial charge is 0.493 e. The number of anilines is 1. The maximum atomic E-state index is 12.9. The zero-order valence-electron chi connectivity index (χ0n) is 17.4. The average Bonchev–Trinajstić information content (AvgIpc) is 2.84. The first kappa shape index (κ1) is 21.5. The van der Waals surface area contributed by atoms with Gasteiger partial charge in [0, 0.05) is 43.5 Å². The van der Waals surface area contributed by atoms with Crippen LogP contribution >= 0.6 is 0 Å². The average molecular weight is 440 g/mol. The lowest BCUT2D eigenvalue weighted by Gasteiger charge is -2.35. The minimum absolute atomic E-state index is 0.143. The summed E-state index contributed by atoms with van der Waals surface area (Å²) in [6, 6.07) is 15.9. The van der Waals surface area contributed by atoms with Crippen LogP contribution in [0.25, 0.3) is 11.4 Å². The first-order chi connectivity index (χ1) is 15.5. The summed E-state index contributed by atoms with van der Waals surface area (Å²) in [4.78, 5) is 25.7. The molecular formula is C23H22F2N4O3. The molecule has 0 bridgehead atoms. The van der Waals surface area contributed by atoms with Gasteiger partial charge in [-0.25, -0.2) is 9.97 Å². The number of amides is 1. The molecule has 0 N–H and O–H groups in total. The first-order valence-corrected chi connectivity index (χ1v) is 10.1. The van der Waals surface area contributed by atoms with E-state index in [0.29, 0.717) is 32.0 Å². The van der Waals surface area contributed by atoms with E-state index >= 15 is 0 Å². The van der Waals surface area contributed by atoms with Crippen LogP contribution < -0.4 is 14.4 Å². The number of halogens is 2. The van der Waals surface area contributed by atoms with Gasteiger partial charge in [-0.3, -0.25) is 4.79 Å². The van der Waals surface area contributed by atoms with Crippen molar-refractivity contribution in [1.29, 1.82) is 0 Å². The predicted octanol–water partition coefficient (Wildman–Crippen LogP) is 3.72. The quantitative estimate of drug-likeness (QED) is 0.582. The number of rotatable bonds is 6. The van der Waals surface area contributed by atoms with Crippen LogP contribution in [0.5, 0.6) is 11.5 Å². The summed E-state index contributed by atoms with van der Waals surface area (Å²) >= 11 is 0. The number of nitrogens with zero attached hydrogens (tertiary/aromatic N) is 4. The van der Waals surface area contributed by atoms with E-state index in [1.165, 1.54) is 19.2 Å². The molecule has 32 heavy (non-hydrogen) atoms. The lowest BCUT2D eigenvalue weighted by molar-refractivity contribution is -0.0512. The van der Waals surface area contributed by atoms with Gasteiger partial charge in [0.25, 0.3) is 5.91 Å². The topological polar surface area (TPSA) is 67.8 Å². The fourth-order valence-corrected chi connectivity index (χ4v) is 3.57. The lowest BCUT2D eigenvalue weighted by Crippen LogP contribution is -2.49. The van der Waals surface area contributed by atoms with Crippen LogP contribution in [0.15, 0.2) is 60.8 Å². The van der Waals surface area contributed by atoms with Gasteiger partial charge in [-0.2, -0.15) is 8.78 Å². The smallest absolute Gasteiger partial charge is 0.387 e. The molecule has 1 fully saturated rings. The van der Waals surface area contributed by atoms with E-state index in [4.69, 9.17) is 4.74 Å². The van der Waals surface area contributed by atoms with Crippen LogP contribution in [0.1, 0.15) is 10.4 Å². The van der Waals surface area contributed by atoms with Gasteiger partial charge in [-0.1, -0.05) is 30.3 Å². The summed E-state index contributed by atoms with van der Waals surface area (Å²) in [6.07, 6.45) is 1.73. The normalized spacial score (nSPS) is 13.9. The van der Waals surface area contributed by atoms with Gasteiger partial charge in [0.15, 0.2) is 17.3 Å². The summed E-state index contributed by atoms with van der Waals surface area (Å²) < 4.78 is 34.9. The highest BCUT2D eigenvalue weighted by molar-refractivity contribution is 5.95. The summed E-state index contributed by atoms with van der Waals surface area (Å²) in [7, 11) is 1.35. The molecule has 0 radical (unpaired) electrons. The molecule has 0 unspecified atom stereocenters. The van der Waals surface area contributed by atoms with Gasteiger partial charge in [0.2, 0.25) is 0 Å². The highest BCUT2D eigenvalue weighted by atomic mass is 19.3. The van der Waals surface area contributed by atoms with Gasteiger partial charge in [0.1, 0.15) is 5.82 Å². The van der Waals surface area contributed by atoms with Crippen LogP contribution in [-0.2, 0) is 0 Å². The highest BCUT2D eigenvalue weighted by Gasteiger charge is 2.24. The Kier molecular flexibility index (Phi) is 6.44. The minimum atomic E-state index is -3.01. The fourth-order valence-electron chi connectivity index (χ4n) is 3.57. The van der Waals surface area contributed by atoms with Gasteiger partial charge >= 0.3 is 6.61 Å². The van der Waals surface area contributed by atoms with Crippen molar-refractivity contribution in [2.24, 2.45) is 0 Å². The molecule has 0 saturated carbocycles. The summed E-state index contributed by atoms with van der Waals surface area (Å²) in [5, 5.41) is 0. The zero-order chi connectivity index (χ0) is 22.5. The Morgan fingerprint density at radius 3 is 2.44 bits per heavy atom. The van der Waals surface area contributed by atoms with Crippen molar-refractivity contribution in [3.05, 3.63) is 66.4 Å². The Balaban J connectivity index is 1.43. The van der Waals surface area contributed by atoms with Gasteiger partial charge in [-0.15, -0.1) is 0 Å². The van der Waals surface area contributed by atoms with Crippen molar-refractivity contribution < 1.29 is 23.0 Å². The standard InChI is InChI=1S/C23H22F2N4O3/c1-31-18-8-7-17(15-19(18)32-23(24)25)22(30)29-13-11-28(12-14-29)20-9-10-26-21(27-20)16-5-3-2-4-6-16/h2-10,15,23H,11-14H2,1H3. The Morgan fingerprint density at radius 2 is 1.75 bits per heavy atom. The number of piperazine rings is 1. The molecule has 3 aromatic rings. The molecule has 1 aliphatic rings. The maximum Gasteiger partial charge on any atom is 0.387 e. The van der Waals surface area contributed by atoms with E-state index < -0.39 is 6.61 Å². The number of aromatic nitrogens is 2. The molecular weight excluding hydrogens is 418 g/mol. The third-order valence-corrected chi connectivity index (χ3v) is 5.19. The molecule has 1 aromatic heterocycles. The van der Waals surface area contributed by atoms with Crippen LogP contribution in [-0.4, -0.2) is 60.7 Å². The van der Waals surface area contributed by atoms with Crippen LogP contribution in [0, 0.1) is 0 Å². The van der Waals surface area contributed by atoms with E-state index in [9.17, 15) is 13.6 Å². The van der Waals surface area contributed by atoms with E-state index in [0.717, 1.165) is 11.4 Å². The number of methoxy groups -OCH3 is 1. The van der Waals surface area contributed by atoms with Gasteiger partial charge < -0.3 is 19.3 Å². The molecule has 166 valence electrons. The van der Waals surface area contributed by atoms with Crippen molar-refractivity contribution in [2.45, 2.75) is 6.61 Å². The van der Waals surface area contributed by atoms with E-state index in [1.807, 2.05) is 36.4 Å². The second-order valence-corrected chi connectivity index (χ2v) is 7.13. The summed E-state index contributed by atoms with van der Waals surface area (Å²) in [5.41, 5.74) is 1.20. The number of carbonyl (C=O) groups is 1. The number of carbonyl (C=O) groups excluding carboxylic acids is 1. The molecule has 1 saturated heterocycles. The monoisotopic (exact) mass is 440 g/mol. The van der Waals surface area contributed by atoms with E-state index in [-0.39, 0.29) is 23.0 Å². The highest BCUT2D eigenvalue weighted by Crippen LogP contribution is 2.30. The zero-order valence-corrected chi connectivity index (χ0v) is 17.4. The number of benzene rings is 2. The molecule has 4 rings (SSSR count). The Hall–Kier alpha value is -3.75. The molecule has 9 heteroatoms. The molecule has 2 heterocycles. The second kappa shape index (κ2) is 9.59. The number of alkyl halides is 2. The summed E-state index contributed by atoms with van der Waals surface area (Å²) in [5.74, 6) is 1.17. The molecule has 0 spiro atoms. The third kappa shape index (κ3) is 4.77. The third-order valence-electron chi connectivity index (χ3n) is 5.19. The van der Waals surface area contributed by atoms with Crippen molar-refractivity contribution in [2.75, 3.05) is 38.2 Å². The fraction of sp³-hybridized carbons (Fsp3) is 0.261. The number of ether oxygens (including phenoxy) is 2. The molecule has 1 amide bonds. The SMILES string of the molecule is COc1ccc(C(=O)N2CCN(c3ccnc(-c4ccccc4)n3)CC2)cc1OC(F)F. The second-order valence-electron chi connectivity index (χ2n) is 7.13.